The first-order valence-corrected chi connectivity index (χ1v) is 15.2. The predicted molar refractivity (Wildman–Crippen MR) is 157 cm³/mol. The van der Waals surface area contributed by atoms with Crippen LogP contribution in [0.2, 0.25) is 5.02 Å². The van der Waals surface area contributed by atoms with Gasteiger partial charge in [0.2, 0.25) is 21.8 Å². The van der Waals surface area contributed by atoms with E-state index in [0.29, 0.717) is 17.1 Å². The van der Waals surface area contributed by atoms with Crippen LogP contribution in [0.5, 0.6) is 0 Å². The lowest BCUT2D eigenvalue weighted by Crippen LogP contribution is -2.53. The molecule has 2 amide bonds. The Bertz CT molecular complexity index is 1420. The normalized spacial score (nSPS) is 12.2. The lowest BCUT2D eigenvalue weighted by atomic mass is 10.0. The van der Waals surface area contributed by atoms with Crippen molar-refractivity contribution in [2.24, 2.45) is 5.92 Å². The summed E-state index contributed by atoms with van der Waals surface area (Å²) in [5, 5.41) is 3.28. The van der Waals surface area contributed by atoms with Gasteiger partial charge in [0.05, 0.1) is 11.9 Å². The van der Waals surface area contributed by atoms with E-state index in [4.69, 9.17) is 11.6 Å². The van der Waals surface area contributed by atoms with Crippen LogP contribution in [0.15, 0.2) is 72.8 Å². The average molecular weight is 588 g/mol. The molecule has 0 aliphatic carbocycles. The molecule has 0 unspecified atom stereocenters. The van der Waals surface area contributed by atoms with Gasteiger partial charge in [0.15, 0.2) is 0 Å². The first-order valence-electron chi connectivity index (χ1n) is 12.9. The molecule has 3 rings (SSSR count). The molecule has 0 aliphatic heterocycles. The summed E-state index contributed by atoms with van der Waals surface area (Å²) in [4.78, 5) is 28.9. The zero-order valence-corrected chi connectivity index (χ0v) is 24.7. The van der Waals surface area contributed by atoms with Crippen LogP contribution in [0.4, 0.5) is 10.1 Å². The molecule has 0 aromatic heterocycles. The Balaban J connectivity index is 2.05. The highest BCUT2D eigenvalue weighted by atomic mass is 35.5. The van der Waals surface area contributed by atoms with E-state index in [9.17, 15) is 22.4 Å². The zero-order chi connectivity index (χ0) is 29.4. The fraction of sp³-hybridized carbons (Fsp3) is 0.333. The summed E-state index contributed by atoms with van der Waals surface area (Å²) in [6.45, 7) is 5.53. The number of rotatable bonds is 12. The Morgan fingerprint density at radius 2 is 1.62 bits per heavy atom. The second-order valence-electron chi connectivity index (χ2n) is 10.2. The number of sulfonamides is 1. The Morgan fingerprint density at radius 3 is 2.20 bits per heavy atom. The van der Waals surface area contributed by atoms with Crippen molar-refractivity contribution < 1.29 is 22.4 Å². The van der Waals surface area contributed by atoms with Gasteiger partial charge in [0.1, 0.15) is 18.4 Å². The third-order valence-corrected chi connectivity index (χ3v) is 7.89. The lowest BCUT2D eigenvalue weighted by Gasteiger charge is -2.33. The molecule has 0 saturated carbocycles. The summed E-state index contributed by atoms with van der Waals surface area (Å²) in [5.74, 6) is -1.21. The molecule has 0 bridgehead atoms. The second-order valence-corrected chi connectivity index (χ2v) is 12.5. The maximum absolute atomic E-state index is 14.0. The summed E-state index contributed by atoms with van der Waals surface area (Å²) in [6.07, 6.45) is 1.21. The summed E-state index contributed by atoms with van der Waals surface area (Å²) < 4.78 is 40.3. The number of hydrogen-bond donors (Lipinski definition) is 1. The third-order valence-electron chi connectivity index (χ3n) is 6.34. The van der Waals surface area contributed by atoms with Crippen molar-refractivity contribution >= 4 is 39.1 Å². The fourth-order valence-electron chi connectivity index (χ4n) is 4.11. The van der Waals surface area contributed by atoms with E-state index >= 15 is 0 Å². The Hall–Kier alpha value is -3.43. The van der Waals surface area contributed by atoms with Gasteiger partial charge in [-0.3, -0.25) is 13.9 Å². The molecule has 1 atom stereocenters. The first-order chi connectivity index (χ1) is 18.8. The van der Waals surface area contributed by atoms with Crippen LogP contribution in [0, 0.1) is 18.7 Å². The van der Waals surface area contributed by atoms with Crippen LogP contribution in [0.1, 0.15) is 30.5 Å². The van der Waals surface area contributed by atoms with Gasteiger partial charge in [-0.15, -0.1) is 0 Å². The van der Waals surface area contributed by atoms with E-state index in [0.717, 1.165) is 21.7 Å². The number of anilines is 1. The predicted octanol–water partition coefficient (Wildman–Crippen LogP) is 4.97. The number of nitrogens with one attached hydrogen (secondary N) is 1. The van der Waals surface area contributed by atoms with Crippen molar-refractivity contribution in [3.8, 4) is 0 Å². The molecular formula is C30H35ClFN3O4S. The summed E-state index contributed by atoms with van der Waals surface area (Å²) in [7, 11) is -3.90. The highest BCUT2D eigenvalue weighted by molar-refractivity contribution is 7.92. The number of carbonyl (C=O) groups is 2. The van der Waals surface area contributed by atoms with Crippen molar-refractivity contribution in [1.82, 2.24) is 10.2 Å². The minimum absolute atomic E-state index is 0.0298. The number of hydrogen-bond acceptors (Lipinski definition) is 4. The van der Waals surface area contributed by atoms with Crippen molar-refractivity contribution in [3.05, 3.63) is 100 Å². The van der Waals surface area contributed by atoms with Gasteiger partial charge >= 0.3 is 0 Å². The molecule has 40 heavy (non-hydrogen) atoms. The minimum atomic E-state index is -3.90. The Labute approximate surface area is 241 Å². The number of benzene rings is 3. The molecule has 0 radical (unpaired) electrons. The molecule has 1 N–H and O–H groups in total. The maximum Gasteiger partial charge on any atom is 0.244 e. The lowest BCUT2D eigenvalue weighted by molar-refractivity contribution is -0.140. The van der Waals surface area contributed by atoms with Crippen LogP contribution in [-0.2, 0) is 32.6 Å². The van der Waals surface area contributed by atoms with Gasteiger partial charge in [0.25, 0.3) is 0 Å². The first kappa shape index (κ1) is 31.1. The molecule has 7 nitrogen and oxygen atoms in total. The van der Waals surface area contributed by atoms with E-state index in [2.05, 4.69) is 5.32 Å². The highest BCUT2D eigenvalue weighted by Gasteiger charge is 2.33. The van der Waals surface area contributed by atoms with E-state index in [1.807, 2.05) is 44.2 Å². The van der Waals surface area contributed by atoms with Crippen LogP contribution >= 0.6 is 11.6 Å². The van der Waals surface area contributed by atoms with E-state index < -0.39 is 34.3 Å². The molecule has 214 valence electrons. The second kappa shape index (κ2) is 13.8. The number of halogens is 2. The molecule has 3 aromatic carbocycles. The fourth-order valence-corrected chi connectivity index (χ4v) is 5.13. The van der Waals surface area contributed by atoms with Crippen LogP contribution < -0.4 is 9.62 Å². The largest absolute Gasteiger partial charge is 0.354 e. The maximum atomic E-state index is 14.0. The van der Waals surface area contributed by atoms with E-state index in [-0.39, 0.29) is 30.5 Å². The molecular weight excluding hydrogens is 553 g/mol. The van der Waals surface area contributed by atoms with Gasteiger partial charge < -0.3 is 10.2 Å². The zero-order valence-electron chi connectivity index (χ0n) is 23.1. The summed E-state index contributed by atoms with van der Waals surface area (Å²) >= 11 is 6.27. The smallest absolute Gasteiger partial charge is 0.244 e. The number of nitrogens with zero attached hydrogens (tertiary/aromatic N) is 2. The van der Waals surface area contributed by atoms with Gasteiger partial charge in [0, 0.05) is 24.5 Å². The molecule has 3 aromatic rings. The number of amides is 2. The molecule has 10 heteroatoms. The molecule has 0 fully saturated rings. The average Bonchev–Trinajstić information content (AvgIpc) is 2.90. The van der Waals surface area contributed by atoms with Crippen molar-refractivity contribution in [3.63, 3.8) is 0 Å². The van der Waals surface area contributed by atoms with Crippen molar-refractivity contribution in [1.29, 1.82) is 0 Å². The molecule has 0 heterocycles. The SMILES string of the molecule is Cc1ccc(N(CC(=O)N(Cc2ccc(F)cc2)[C@H](Cc2ccccc2)C(=O)NCC(C)C)S(C)(=O)=O)cc1Cl. The third kappa shape index (κ3) is 8.79. The van der Waals surface area contributed by atoms with Crippen LogP contribution in [0.3, 0.4) is 0 Å². The molecule has 0 saturated heterocycles. The highest BCUT2D eigenvalue weighted by Crippen LogP contribution is 2.26. The van der Waals surface area contributed by atoms with Crippen LogP contribution in [0.25, 0.3) is 0 Å². The summed E-state index contributed by atoms with van der Waals surface area (Å²) in [6, 6.07) is 18.7. The topological polar surface area (TPSA) is 86.8 Å². The molecule has 0 spiro atoms. The monoisotopic (exact) mass is 587 g/mol. The van der Waals surface area contributed by atoms with Crippen molar-refractivity contribution in [2.45, 2.75) is 39.8 Å². The Morgan fingerprint density at radius 1 is 0.975 bits per heavy atom. The standard InChI is InChI=1S/C30H35ClFN3O4S/c1-21(2)18-33-30(37)28(16-23-8-6-5-7-9-23)34(19-24-11-13-25(32)14-12-24)29(36)20-35(40(4,38)39)26-15-10-22(3)27(31)17-26/h5-15,17,21,28H,16,18-20H2,1-4H3,(H,33,37)/t28-/m1/s1. The van der Waals surface area contributed by atoms with E-state index in [1.54, 1.807) is 19.1 Å². The van der Waals surface area contributed by atoms with E-state index in [1.165, 1.54) is 35.2 Å². The van der Waals surface area contributed by atoms with Gasteiger partial charge in [-0.2, -0.15) is 0 Å². The quantitative estimate of drug-likeness (QED) is 0.324. The van der Waals surface area contributed by atoms with Gasteiger partial charge in [-0.25, -0.2) is 12.8 Å². The number of carbonyl (C=O) groups excluding carboxylic acids is 2. The van der Waals surface area contributed by atoms with Gasteiger partial charge in [-0.05, 0) is 53.8 Å². The van der Waals surface area contributed by atoms with Crippen LogP contribution in [-0.4, -0.2) is 50.5 Å². The Kier molecular flexibility index (Phi) is 10.7. The van der Waals surface area contributed by atoms with Gasteiger partial charge in [-0.1, -0.05) is 74.0 Å². The minimum Gasteiger partial charge on any atom is -0.354 e. The summed E-state index contributed by atoms with van der Waals surface area (Å²) in [5.41, 5.74) is 2.41. The van der Waals surface area contributed by atoms with Crippen molar-refractivity contribution in [2.75, 3.05) is 23.7 Å². The molecule has 0 aliphatic rings. The number of aryl methyl sites for hydroxylation is 1.